The minimum atomic E-state index is -0.103. The largest absolute Gasteiger partial charge is 0.330 e. The summed E-state index contributed by atoms with van der Waals surface area (Å²) >= 11 is 1.50. The van der Waals surface area contributed by atoms with Crippen LogP contribution in [-0.2, 0) is 6.54 Å². The third-order valence-corrected chi connectivity index (χ3v) is 4.60. The summed E-state index contributed by atoms with van der Waals surface area (Å²) in [4.78, 5) is 19.3. The molecule has 7 heteroatoms. The second-order valence-corrected chi connectivity index (χ2v) is 6.45. The number of piperidine rings is 1. The Kier molecular flexibility index (Phi) is 3.82. The maximum Gasteiger partial charge on any atom is 0.275 e. The summed E-state index contributed by atoms with van der Waals surface area (Å²) in [6.45, 7) is 5.46. The first kappa shape index (κ1) is 13.7. The van der Waals surface area contributed by atoms with Crippen molar-refractivity contribution in [2.45, 2.75) is 26.3 Å². The van der Waals surface area contributed by atoms with Gasteiger partial charge in [-0.3, -0.25) is 9.69 Å². The highest BCUT2D eigenvalue weighted by molar-refractivity contribution is 7.16. The fraction of sp³-hybridized carbons (Fsp3) is 0.615. The van der Waals surface area contributed by atoms with E-state index in [2.05, 4.69) is 15.0 Å². The molecule has 0 aromatic carbocycles. The van der Waals surface area contributed by atoms with Gasteiger partial charge < -0.3 is 5.73 Å². The smallest absolute Gasteiger partial charge is 0.275 e. The Morgan fingerprint density at radius 3 is 3.20 bits per heavy atom. The van der Waals surface area contributed by atoms with Crippen LogP contribution in [0.1, 0.15) is 23.5 Å². The van der Waals surface area contributed by atoms with Gasteiger partial charge in [0, 0.05) is 18.3 Å². The normalized spacial score (nSPS) is 20.6. The van der Waals surface area contributed by atoms with E-state index >= 15 is 0 Å². The molecular formula is C13H19N5OS. The molecule has 20 heavy (non-hydrogen) atoms. The number of nitrogens with zero attached hydrogens (tertiary/aromatic N) is 4. The molecule has 1 unspecified atom stereocenters. The fourth-order valence-corrected chi connectivity index (χ4v) is 3.69. The molecule has 0 spiro atoms. The molecule has 1 aliphatic rings. The predicted octanol–water partition coefficient (Wildman–Crippen LogP) is 0.630. The van der Waals surface area contributed by atoms with Crippen LogP contribution < -0.4 is 11.3 Å². The first-order chi connectivity index (χ1) is 9.65. The summed E-state index contributed by atoms with van der Waals surface area (Å²) in [5.74, 6) is 0.584. The van der Waals surface area contributed by atoms with Gasteiger partial charge in [0.2, 0.25) is 4.96 Å². The van der Waals surface area contributed by atoms with Crippen LogP contribution in [0.4, 0.5) is 0 Å². The fourth-order valence-electron chi connectivity index (χ4n) is 2.70. The zero-order valence-corrected chi connectivity index (χ0v) is 12.4. The monoisotopic (exact) mass is 293 g/mol. The highest BCUT2D eigenvalue weighted by Gasteiger charge is 2.20. The lowest BCUT2D eigenvalue weighted by atomic mass is 9.98. The zero-order chi connectivity index (χ0) is 14.1. The van der Waals surface area contributed by atoms with E-state index in [1.807, 2.05) is 6.92 Å². The molecule has 1 saturated heterocycles. The van der Waals surface area contributed by atoms with Crippen LogP contribution in [0.25, 0.3) is 4.96 Å². The van der Waals surface area contributed by atoms with E-state index in [1.165, 1.54) is 34.8 Å². The number of hydrogen-bond donors (Lipinski definition) is 1. The molecule has 108 valence electrons. The molecule has 1 atom stereocenters. The molecule has 1 fully saturated rings. The van der Waals surface area contributed by atoms with Crippen molar-refractivity contribution in [1.82, 2.24) is 19.5 Å². The number of aryl methyl sites for hydroxylation is 1. The van der Waals surface area contributed by atoms with Crippen LogP contribution in [0.3, 0.4) is 0 Å². The maximum atomic E-state index is 11.8. The Labute approximate surface area is 121 Å². The van der Waals surface area contributed by atoms with Gasteiger partial charge in [0.05, 0.1) is 6.54 Å². The van der Waals surface area contributed by atoms with E-state index in [4.69, 9.17) is 5.73 Å². The van der Waals surface area contributed by atoms with E-state index in [0.29, 0.717) is 10.9 Å². The van der Waals surface area contributed by atoms with E-state index in [9.17, 15) is 4.79 Å². The Morgan fingerprint density at radius 2 is 2.40 bits per heavy atom. The number of hydrogen-bond acceptors (Lipinski definition) is 6. The van der Waals surface area contributed by atoms with Gasteiger partial charge >= 0.3 is 0 Å². The maximum absolute atomic E-state index is 11.8. The number of fused-ring (bicyclic) bond motifs is 1. The quantitative estimate of drug-likeness (QED) is 0.898. The van der Waals surface area contributed by atoms with Crippen molar-refractivity contribution in [3.8, 4) is 0 Å². The van der Waals surface area contributed by atoms with Gasteiger partial charge in [0.25, 0.3) is 5.56 Å². The van der Waals surface area contributed by atoms with Gasteiger partial charge in [0.15, 0.2) is 0 Å². The summed E-state index contributed by atoms with van der Waals surface area (Å²) in [5.41, 5.74) is 6.40. The highest BCUT2D eigenvalue weighted by atomic mass is 32.1. The Morgan fingerprint density at radius 1 is 1.55 bits per heavy atom. The van der Waals surface area contributed by atoms with Crippen LogP contribution in [0.5, 0.6) is 0 Å². The molecule has 6 nitrogen and oxygen atoms in total. The van der Waals surface area contributed by atoms with Crippen molar-refractivity contribution in [1.29, 1.82) is 0 Å². The first-order valence-electron chi connectivity index (χ1n) is 6.94. The zero-order valence-electron chi connectivity index (χ0n) is 11.6. The van der Waals surface area contributed by atoms with Crippen LogP contribution in [0.2, 0.25) is 0 Å². The molecule has 2 aromatic rings. The molecule has 3 rings (SSSR count). The molecule has 2 aromatic heterocycles. The van der Waals surface area contributed by atoms with Crippen LogP contribution in [-0.4, -0.2) is 39.1 Å². The van der Waals surface area contributed by atoms with Crippen molar-refractivity contribution < 1.29 is 0 Å². The SMILES string of the molecule is Cc1cc(=O)n2nc(CN3CCCC(CN)C3)sc2n1. The van der Waals surface area contributed by atoms with E-state index < -0.39 is 0 Å². The van der Waals surface area contributed by atoms with Gasteiger partial charge in [-0.15, -0.1) is 0 Å². The topological polar surface area (TPSA) is 76.5 Å². The number of nitrogens with two attached hydrogens (primary N) is 1. The average molecular weight is 293 g/mol. The van der Waals surface area contributed by atoms with Crippen molar-refractivity contribution in [3.05, 3.63) is 27.1 Å². The Balaban J connectivity index is 1.81. The standard InChI is InChI=1S/C13H19N5OS/c1-9-5-12(19)18-13(15-9)20-11(16-18)8-17-4-2-3-10(6-14)7-17/h5,10H,2-4,6-8,14H2,1H3. The summed E-state index contributed by atoms with van der Waals surface area (Å²) in [7, 11) is 0. The summed E-state index contributed by atoms with van der Waals surface area (Å²) in [6, 6.07) is 1.52. The van der Waals surface area contributed by atoms with E-state index in [1.54, 1.807) is 0 Å². The lowest BCUT2D eigenvalue weighted by Crippen LogP contribution is -2.37. The Hall–Kier alpha value is -1.31. The molecule has 3 heterocycles. The molecule has 1 aliphatic heterocycles. The minimum Gasteiger partial charge on any atom is -0.330 e. The van der Waals surface area contributed by atoms with Crippen molar-refractivity contribution >= 4 is 16.3 Å². The van der Waals surface area contributed by atoms with Gasteiger partial charge in [-0.2, -0.15) is 9.61 Å². The predicted molar refractivity (Wildman–Crippen MR) is 78.9 cm³/mol. The first-order valence-corrected chi connectivity index (χ1v) is 7.76. The molecule has 0 radical (unpaired) electrons. The second-order valence-electron chi connectivity index (χ2n) is 5.41. The third-order valence-electron chi connectivity index (χ3n) is 3.71. The minimum absolute atomic E-state index is 0.103. The lowest BCUT2D eigenvalue weighted by Gasteiger charge is -2.31. The van der Waals surface area contributed by atoms with Crippen molar-refractivity contribution in [2.24, 2.45) is 11.7 Å². The van der Waals surface area contributed by atoms with Gasteiger partial charge in [-0.1, -0.05) is 11.3 Å². The van der Waals surface area contributed by atoms with Crippen molar-refractivity contribution in [2.75, 3.05) is 19.6 Å². The summed E-state index contributed by atoms with van der Waals surface area (Å²) in [6.07, 6.45) is 2.40. The lowest BCUT2D eigenvalue weighted by molar-refractivity contribution is 0.170. The van der Waals surface area contributed by atoms with Gasteiger partial charge in [-0.25, -0.2) is 4.98 Å². The number of rotatable bonds is 3. The van der Waals surface area contributed by atoms with Gasteiger partial charge in [0.1, 0.15) is 5.01 Å². The molecule has 0 saturated carbocycles. The summed E-state index contributed by atoms with van der Waals surface area (Å²) < 4.78 is 1.40. The average Bonchev–Trinajstić information content (AvgIpc) is 2.81. The van der Waals surface area contributed by atoms with Crippen LogP contribution in [0, 0.1) is 12.8 Å². The molecule has 0 amide bonds. The van der Waals surface area contributed by atoms with Crippen LogP contribution in [0.15, 0.2) is 10.9 Å². The Bertz CT molecular complexity index is 664. The number of aromatic nitrogens is 3. The van der Waals surface area contributed by atoms with Gasteiger partial charge in [-0.05, 0) is 38.8 Å². The molecular weight excluding hydrogens is 274 g/mol. The van der Waals surface area contributed by atoms with Crippen LogP contribution >= 0.6 is 11.3 Å². The van der Waals surface area contributed by atoms with E-state index in [0.717, 1.165) is 36.9 Å². The molecule has 0 bridgehead atoms. The number of likely N-dealkylation sites (tertiary alicyclic amines) is 1. The molecule has 0 aliphatic carbocycles. The van der Waals surface area contributed by atoms with Crippen molar-refractivity contribution in [3.63, 3.8) is 0 Å². The molecule has 2 N–H and O–H groups in total. The highest BCUT2D eigenvalue weighted by Crippen LogP contribution is 2.19. The third kappa shape index (κ3) is 2.74. The second kappa shape index (κ2) is 5.59. The van der Waals surface area contributed by atoms with E-state index in [-0.39, 0.29) is 5.56 Å². The summed E-state index contributed by atoms with van der Waals surface area (Å²) in [5, 5.41) is 5.33.